The Morgan fingerprint density at radius 2 is 1.82 bits per heavy atom. The van der Waals surface area contributed by atoms with Crippen molar-refractivity contribution in [2.45, 2.75) is 38.1 Å². The molecule has 6 heteroatoms. The molecule has 0 unspecified atom stereocenters. The Balaban J connectivity index is 1.64. The highest BCUT2D eigenvalue weighted by molar-refractivity contribution is 6.54. The van der Waals surface area contributed by atoms with Crippen LogP contribution in [-0.4, -0.2) is 36.3 Å². The van der Waals surface area contributed by atoms with Gasteiger partial charge in [0.05, 0.1) is 28.1 Å². The minimum Gasteiger partial charge on any atom is -0.293 e. The fourth-order valence-corrected chi connectivity index (χ4v) is 4.35. The maximum absolute atomic E-state index is 13.2. The van der Waals surface area contributed by atoms with Crippen LogP contribution in [0.2, 0.25) is 10.0 Å². The minimum absolute atomic E-state index is 0.0741. The summed E-state index contributed by atoms with van der Waals surface area (Å²) < 4.78 is 0. The first-order chi connectivity index (χ1) is 13.5. The third-order valence-corrected chi connectivity index (χ3v) is 6.34. The van der Waals surface area contributed by atoms with Crippen LogP contribution in [0.1, 0.15) is 37.7 Å². The summed E-state index contributed by atoms with van der Waals surface area (Å²) in [5, 5.41) is 0.899. The Kier molecular flexibility index (Phi) is 5.72. The van der Waals surface area contributed by atoms with E-state index in [-0.39, 0.29) is 5.91 Å². The number of hydrogen-bond donors (Lipinski definition) is 0. The predicted molar refractivity (Wildman–Crippen MR) is 116 cm³/mol. The SMILES string of the molecule is CN(CN1C(=O)C(=Nc2ccc(Cl)c(Cl)c2)c2ccccc21)C1CCCCC1. The van der Waals surface area contributed by atoms with Gasteiger partial charge in [0.2, 0.25) is 0 Å². The standard InChI is InChI=1S/C22H23Cl2N3O/c1-26(16-7-3-2-4-8-16)14-27-20-10-6-5-9-17(20)21(22(27)28)25-15-11-12-18(23)19(24)13-15/h5-6,9-13,16H,2-4,7-8,14H2,1H3. The molecule has 1 amide bonds. The third kappa shape index (κ3) is 3.82. The summed E-state index contributed by atoms with van der Waals surface area (Å²) in [5.74, 6) is -0.0741. The number of amides is 1. The van der Waals surface area contributed by atoms with Crippen LogP contribution in [0.3, 0.4) is 0 Å². The maximum atomic E-state index is 13.2. The second-order valence-electron chi connectivity index (χ2n) is 7.50. The molecule has 1 saturated carbocycles. The second kappa shape index (κ2) is 8.24. The van der Waals surface area contributed by atoms with Gasteiger partial charge in [0.1, 0.15) is 5.71 Å². The number of fused-ring (bicyclic) bond motifs is 1. The van der Waals surface area contributed by atoms with Crippen LogP contribution in [0.5, 0.6) is 0 Å². The monoisotopic (exact) mass is 415 g/mol. The van der Waals surface area contributed by atoms with Crippen molar-refractivity contribution in [3.8, 4) is 0 Å². The quantitative estimate of drug-likeness (QED) is 0.643. The van der Waals surface area contributed by atoms with Crippen LogP contribution in [0.15, 0.2) is 47.5 Å². The van der Waals surface area contributed by atoms with E-state index in [1.165, 1.54) is 32.1 Å². The molecule has 1 fully saturated rings. The molecular weight excluding hydrogens is 393 g/mol. The average molecular weight is 416 g/mol. The van der Waals surface area contributed by atoms with E-state index >= 15 is 0 Å². The number of carbonyl (C=O) groups excluding carboxylic acids is 1. The molecule has 146 valence electrons. The number of aliphatic imine (C=N–C) groups is 1. The Morgan fingerprint density at radius 3 is 2.57 bits per heavy atom. The Morgan fingerprint density at radius 1 is 1.07 bits per heavy atom. The lowest BCUT2D eigenvalue weighted by atomic mass is 9.95. The van der Waals surface area contributed by atoms with Gasteiger partial charge in [-0.05, 0) is 44.2 Å². The van der Waals surface area contributed by atoms with E-state index in [0.717, 1.165) is 11.3 Å². The summed E-state index contributed by atoms with van der Waals surface area (Å²) >= 11 is 12.1. The van der Waals surface area contributed by atoms with E-state index in [1.54, 1.807) is 18.2 Å². The van der Waals surface area contributed by atoms with Crippen LogP contribution in [0.25, 0.3) is 0 Å². The van der Waals surface area contributed by atoms with E-state index in [0.29, 0.717) is 34.2 Å². The number of para-hydroxylation sites is 1. The van der Waals surface area contributed by atoms with E-state index in [9.17, 15) is 4.79 Å². The summed E-state index contributed by atoms with van der Waals surface area (Å²) in [6.45, 7) is 0.570. The van der Waals surface area contributed by atoms with Gasteiger partial charge < -0.3 is 0 Å². The molecule has 2 aromatic carbocycles. The molecule has 2 aliphatic rings. The number of carbonyl (C=O) groups is 1. The first-order valence-electron chi connectivity index (χ1n) is 9.70. The summed E-state index contributed by atoms with van der Waals surface area (Å²) in [4.78, 5) is 22.0. The lowest BCUT2D eigenvalue weighted by molar-refractivity contribution is -0.112. The molecule has 0 aromatic heterocycles. The van der Waals surface area contributed by atoms with Crippen LogP contribution >= 0.6 is 23.2 Å². The molecule has 0 atom stereocenters. The molecule has 28 heavy (non-hydrogen) atoms. The van der Waals surface area contributed by atoms with E-state index in [4.69, 9.17) is 23.2 Å². The summed E-state index contributed by atoms with van der Waals surface area (Å²) in [7, 11) is 2.11. The number of anilines is 1. The maximum Gasteiger partial charge on any atom is 0.278 e. The summed E-state index contributed by atoms with van der Waals surface area (Å²) in [6, 6.07) is 13.5. The highest BCUT2D eigenvalue weighted by Crippen LogP contribution is 2.33. The van der Waals surface area contributed by atoms with Crippen molar-refractivity contribution in [2.75, 3.05) is 18.6 Å². The zero-order valence-corrected chi connectivity index (χ0v) is 17.4. The number of halogens is 2. The Bertz CT molecular complexity index is 922. The summed E-state index contributed by atoms with van der Waals surface area (Å²) in [5.41, 5.74) is 2.84. The lowest BCUT2D eigenvalue weighted by Gasteiger charge is -2.34. The van der Waals surface area contributed by atoms with Gasteiger partial charge >= 0.3 is 0 Å². The van der Waals surface area contributed by atoms with Crippen LogP contribution in [-0.2, 0) is 4.79 Å². The number of rotatable bonds is 4. The predicted octanol–water partition coefficient (Wildman–Crippen LogP) is 5.68. The number of nitrogens with zero attached hydrogens (tertiary/aromatic N) is 3. The number of benzene rings is 2. The fraction of sp³-hybridized carbons (Fsp3) is 0.364. The minimum atomic E-state index is -0.0741. The van der Waals surface area contributed by atoms with Crippen LogP contribution in [0.4, 0.5) is 11.4 Å². The third-order valence-electron chi connectivity index (χ3n) is 5.60. The molecule has 2 aromatic rings. The van der Waals surface area contributed by atoms with Crippen molar-refractivity contribution in [1.82, 2.24) is 4.90 Å². The highest BCUT2D eigenvalue weighted by atomic mass is 35.5. The normalized spacial score (nSPS) is 18.9. The van der Waals surface area contributed by atoms with Crippen LogP contribution in [0, 0.1) is 0 Å². The van der Waals surface area contributed by atoms with Crippen molar-refractivity contribution >= 4 is 46.2 Å². The molecule has 0 bridgehead atoms. The van der Waals surface area contributed by atoms with Gasteiger partial charge in [0.15, 0.2) is 0 Å². The first kappa shape index (κ1) is 19.4. The van der Waals surface area contributed by atoms with Crippen molar-refractivity contribution in [1.29, 1.82) is 0 Å². The zero-order chi connectivity index (χ0) is 19.7. The molecule has 0 radical (unpaired) electrons. The van der Waals surface area contributed by atoms with Crippen molar-refractivity contribution < 1.29 is 4.79 Å². The van der Waals surface area contributed by atoms with Gasteiger partial charge in [-0.2, -0.15) is 0 Å². The molecule has 1 aliphatic heterocycles. The summed E-state index contributed by atoms with van der Waals surface area (Å²) in [6.07, 6.45) is 6.25. The molecular formula is C22H23Cl2N3O. The second-order valence-corrected chi connectivity index (χ2v) is 8.31. The topological polar surface area (TPSA) is 35.9 Å². The van der Waals surface area contributed by atoms with Crippen molar-refractivity contribution in [3.63, 3.8) is 0 Å². The molecule has 1 heterocycles. The number of hydrogen-bond acceptors (Lipinski definition) is 3. The molecule has 0 saturated heterocycles. The molecule has 1 aliphatic carbocycles. The van der Waals surface area contributed by atoms with Gasteiger partial charge in [0, 0.05) is 11.6 Å². The molecule has 0 spiro atoms. The molecule has 4 nitrogen and oxygen atoms in total. The average Bonchev–Trinajstić information content (AvgIpc) is 2.97. The van der Waals surface area contributed by atoms with Gasteiger partial charge in [0.25, 0.3) is 5.91 Å². The van der Waals surface area contributed by atoms with Gasteiger partial charge in [-0.1, -0.05) is 60.7 Å². The largest absolute Gasteiger partial charge is 0.293 e. The van der Waals surface area contributed by atoms with E-state index in [2.05, 4.69) is 16.9 Å². The molecule has 0 N–H and O–H groups in total. The Labute approximate surface area is 175 Å². The fourth-order valence-electron chi connectivity index (χ4n) is 4.05. The zero-order valence-electron chi connectivity index (χ0n) is 15.9. The van der Waals surface area contributed by atoms with Gasteiger partial charge in [-0.25, -0.2) is 4.99 Å². The van der Waals surface area contributed by atoms with E-state index < -0.39 is 0 Å². The smallest absolute Gasteiger partial charge is 0.278 e. The van der Waals surface area contributed by atoms with E-state index in [1.807, 2.05) is 29.2 Å². The van der Waals surface area contributed by atoms with Crippen molar-refractivity contribution in [2.24, 2.45) is 4.99 Å². The van der Waals surface area contributed by atoms with Crippen LogP contribution < -0.4 is 4.90 Å². The van der Waals surface area contributed by atoms with Gasteiger partial charge in [-0.15, -0.1) is 0 Å². The Hall–Kier alpha value is -1.88. The molecule has 4 rings (SSSR count). The van der Waals surface area contributed by atoms with Gasteiger partial charge in [-0.3, -0.25) is 14.6 Å². The highest BCUT2D eigenvalue weighted by Gasteiger charge is 2.35. The lowest BCUT2D eigenvalue weighted by Crippen LogP contribution is -2.44. The van der Waals surface area contributed by atoms with Crippen molar-refractivity contribution in [3.05, 3.63) is 58.1 Å². The first-order valence-corrected chi connectivity index (χ1v) is 10.5.